The van der Waals surface area contributed by atoms with E-state index in [9.17, 15) is 30.6 Å². The van der Waals surface area contributed by atoms with Gasteiger partial charge >= 0.3 is 0 Å². The second kappa shape index (κ2) is 39.3. The summed E-state index contributed by atoms with van der Waals surface area (Å²) in [6, 6.07) is 77.3. The van der Waals surface area contributed by atoms with E-state index in [-0.39, 0.29) is 45.3 Å². The van der Waals surface area contributed by atoms with Crippen molar-refractivity contribution in [3.63, 3.8) is 0 Å². The molecule has 20 heteroatoms. The standard InChI is InChI=1S/C44H52N4O2.C38H28N4O2.C28H18Br2N4O2/c1-11-33-29-23-27(43(5,6)7)24-30(41(29)49)34(12-2)47-39-21-17-18-22-40(39)48-36(14-4)32-26-28(44(8,9)10)25-31(42(32)50)35(13-3)46-38-20-16-15-19-37(38)45-33;1-23-11-29-19-39-33-15-25-7-3-5-9-27(25)17-35(33)41-21-31-13-24(2)14-32(38(31)44)22-42-36-18-28-10-6-4-8-26(28)16-34(36)40-20-30(12-23)37(29)43;29-21-9-17-13-31-23-5-1-2-6-24(23)32-14-18-10-22(30)12-20(28(18)36)16-34-26-8-4-3-7-25(26)33-15-19(11-21)27(17)35/h15-26,49-50H,11-14H2,1-10H3;3-22,43-44H,1-2H3;1-16,35-36H. The van der Waals surface area contributed by atoms with E-state index in [1.807, 2.05) is 208 Å². The minimum absolute atomic E-state index is 0.0542. The summed E-state index contributed by atoms with van der Waals surface area (Å²) < 4.78 is 1.55. The Hall–Kier alpha value is -14.6. The molecule has 0 spiro atoms. The van der Waals surface area contributed by atoms with E-state index in [4.69, 9.17) is 39.9 Å². The van der Waals surface area contributed by atoms with Gasteiger partial charge < -0.3 is 30.6 Å². The SMILES string of the molecule is CCc1nc2ccccc2nc(CC)c2cc(C(C)(C)C)cc(c(CC)nc3ccccc3nc(CC)c3cc(C(C)(C)C)cc1c3O)c2O.Cc1cc2cnc3cc4ccccc4cc3ncc3cc(C)cc(cnc4cc5ccccc5cc4ncc(c1)c2O)c3O.Oc1c2cnc3ccccc3ncc3cc(Br)cc(cnc4ccccc4ncc1cc(Br)c2)c3O. The molecule has 6 N–H and O–H groups in total. The van der Waals surface area contributed by atoms with Crippen molar-refractivity contribution >= 4 is 184 Å². The van der Waals surface area contributed by atoms with E-state index in [2.05, 4.69) is 145 Å². The van der Waals surface area contributed by atoms with Gasteiger partial charge in [0.1, 0.15) is 34.5 Å². The Morgan fingerprint density at radius 2 is 0.408 bits per heavy atom. The minimum Gasteiger partial charge on any atom is -0.507 e. The average molecular weight is 1840 g/mol. The molecule has 17 rings (SSSR count). The number of rotatable bonds is 4. The van der Waals surface area contributed by atoms with Gasteiger partial charge in [0.15, 0.2) is 0 Å². The summed E-state index contributed by atoms with van der Waals surface area (Å²) in [5.41, 5.74) is 14.4. The van der Waals surface area contributed by atoms with Crippen molar-refractivity contribution < 1.29 is 30.6 Å². The molecule has 0 unspecified atom stereocenters. The van der Waals surface area contributed by atoms with E-state index < -0.39 is 0 Å². The number of hydrogen-bond donors (Lipinski definition) is 6. The van der Waals surface area contributed by atoms with Gasteiger partial charge in [0, 0.05) is 123 Å². The van der Waals surface area contributed by atoms with Crippen LogP contribution in [0.2, 0.25) is 0 Å². The lowest BCUT2D eigenvalue weighted by atomic mass is 9.85. The quantitative estimate of drug-likeness (QED) is 0.0955. The molecule has 17 aromatic rings. The Labute approximate surface area is 769 Å². The van der Waals surface area contributed by atoms with E-state index in [0.717, 1.165) is 75.5 Å². The molecule has 14 aromatic carbocycles. The first-order valence-corrected chi connectivity index (χ1v) is 44.7. The maximum absolute atomic E-state index is 12.1. The van der Waals surface area contributed by atoms with Crippen molar-refractivity contribution in [3.8, 4) is 34.5 Å². The van der Waals surface area contributed by atoms with Crippen LogP contribution in [0.4, 0.5) is 0 Å². The molecule has 0 saturated carbocycles. The molecule has 3 heterocycles. The third kappa shape index (κ3) is 20.6. The predicted octanol–water partition coefficient (Wildman–Crippen LogP) is 27.6. The average Bonchev–Trinajstić information content (AvgIpc) is 0.754. The summed E-state index contributed by atoms with van der Waals surface area (Å²) in [6.07, 6.45) is 15.3. The van der Waals surface area contributed by atoms with Crippen molar-refractivity contribution in [3.05, 3.63) is 346 Å². The van der Waals surface area contributed by atoms with E-state index in [0.29, 0.717) is 157 Å². The number of fused-ring (bicyclic) bond motifs is 20. The second-order valence-electron chi connectivity index (χ2n) is 33.8. The molecule has 0 aliphatic heterocycles. The normalized spacial score (nSPS) is 11.3. The first-order chi connectivity index (χ1) is 62.6. The Kier molecular flexibility index (Phi) is 27.3. The van der Waals surface area contributed by atoms with Gasteiger partial charge in [0.25, 0.3) is 0 Å². The maximum Gasteiger partial charge on any atom is 0.133 e. The van der Waals surface area contributed by atoms with Crippen molar-refractivity contribution in [2.45, 2.75) is 120 Å². The Morgan fingerprint density at radius 3 is 0.608 bits per heavy atom. The number of aromatic hydroxyl groups is 6. The van der Waals surface area contributed by atoms with Crippen LogP contribution < -0.4 is 0 Å². The molecule has 0 fully saturated rings. The number of benzene rings is 14. The molecule has 0 saturated heterocycles. The van der Waals surface area contributed by atoms with Gasteiger partial charge in [0.2, 0.25) is 0 Å². The molecular formula is C110H98Br2N12O6. The predicted molar refractivity (Wildman–Crippen MR) is 540 cm³/mol. The number of halogens is 2. The molecule has 0 atom stereocenters. The molecule has 0 radical (unpaired) electrons. The van der Waals surface area contributed by atoms with Gasteiger partial charge in [0.05, 0.1) is 89.0 Å². The highest BCUT2D eigenvalue weighted by Gasteiger charge is 2.22. The highest BCUT2D eigenvalue weighted by molar-refractivity contribution is 9.10. The van der Waals surface area contributed by atoms with E-state index >= 15 is 0 Å². The van der Waals surface area contributed by atoms with Crippen molar-refractivity contribution in [1.29, 1.82) is 0 Å². The fourth-order valence-electron chi connectivity index (χ4n) is 15.3. The zero-order valence-corrected chi connectivity index (χ0v) is 77.5. The topological polar surface area (TPSA) is 276 Å². The van der Waals surface area contributed by atoms with Gasteiger partial charge in [-0.15, -0.1) is 0 Å². The molecule has 18 nitrogen and oxygen atoms in total. The molecule has 0 aliphatic rings. The number of phenolic OH excluding ortho intramolecular Hbond substituents is 6. The number of phenols is 6. The van der Waals surface area contributed by atoms with Crippen LogP contribution in [-0.4, -0.2) is 90.4 Å². The smallest absolute Gasteiger partial charge is 0.133 e. The molecular weight excluding hydrogens is 1750 g/mol. The number of aryl methyl sites for hydroxylation is 6. The van der Waals surface area contributed by atoms with Crippen molar-refractivity contribution in [2.24, 2.45) is 0 Å². The highest BCUT2D eigenvalue weighted by Crippen LogP contribution is 2.40. The maximum atomic E-state index is 12.1. The van der Waals surface area contributed by atoms with E-state index in [1.165, 1.54) is 0 Å². The zero-order valence-electron chi connectivity index (χ0n) is 74.3. The first-order valence-electron chi connectivity index (χ1n) is 43.1. The summed E-state index contributed by atoms with van der Waals surface area (Å²) in [4.78, 5) is 58.3. The number of para-hydroxylation sites is 8. The van der Waals surface area contributed by atoms with Crippen molar-refractivity contribution in [1.82, 2.24) is 59.8 Å². The van der Waals surface area contributed by atoms with Gasteiger partial charge in [-0.05, 0) is 240 Å². The fourth-order valence-corrected chi connectivity index (χ4v) is 16.3. The summed E-state index contributed by atoms with van der Waals surface area (Å²) in [5.74, 6) is 0.602. The third-order valence-corrected chi connectivity index (χ3v) is 23.3. The summed E-state index contributed by atoms with van der Waals surface area (Å²) in [6.45, 7) is 25.3. The van der Waals surface area contributed by atoms with Crippen LogP contribution in [0.25, 0.3) is 152 Å². The summed E-state index contributed by atoms with van der Waals surface area (Å²) in [5, 5.41) is 79.6. The van der Waals surface area contributed by atoms with Crippen LogP contribution in [0.5, 0.6) is 34.5 Å². The lowest BCUT2D eigenvalue weighted by molar-refractivity contribution is 0.484. The fraction of sp³-hybridized carbons (Fsp3) is 0.164. The van der Waals surface area contributed by atoms with Crippen LogP contribution in [0.1, 0.15) is 114 Å². The van der Waals surface area contributed by atoms with Gasteiger partial charge in [-0.1, -0.05) is 198 Å². The van der Waals surface area contributed by atoms with Gasteiger partial charge in [-0.3, -0.25) is 59.8 Å². The molecule has 130 heavy (non-hydrogen) atoms. The van der Waals surface area contributed by atoms with Crippen LogP contribution in [-0.2, 0) is 36.5 Å². The number of nitrogens with zero attached hydrogens (tertiary/aromatic N) is 12. The molecule has 3 aromatic heterocycles. The number of hydrogen-bond acceptors (Lipinski definition) is 18. The van der Waals surface area contributed by atoms with Crippen LogP contribution >= 0.6 is 31.9 Å². The zero-order chi connectivity index (χ0) is 91.7. The lowest BCUT2D eigenvalue weighted by Gasteiger charge is -2.21. The minimum atomic E-state index is -0.191. The van der Waals surface area contributed by atoms with Crippen LogP contribution in [0, 0.1) is 13.8 Å². The highest BCUT2D eigenvalue weighted by atomic mass is 79.9. The lowest BCUT2D eigenvalue weighted by Crippen LogP contribution is -2.11. The van der Waals surface area contributed by atoms with Crippen LogP contribution in [0.15, 0.2) is 301 Å². The van der Waals surface area contributed by atoms with Gasteiger partial charge in [-0.2, -0.15) is 0 Å². The Balaban J connectivity index is 0.000000151. The number of aromatic nitrogens is 12. The largest absolute Gasteiger partial charge is 0.507 e. The van der Waals surface area contributed by atoms with Crippen LogP contribution in [0.3, 0.4) is 0 Å². The monoisotopic (exact) mass is 1840 g/mol. The Bertz CT molecular complexity index is 7120. The van der Waals surface area contributed by atoms with E-state index in [1.54, 1.807) is 73.8 Å². The second-order valence-corrected chi connectivity index (χ2v) is 35.7. The summed E-state index contributed by atoms with van der Waals surface area (Å²) >= 11 is 7.01. The molecule has 0 amide bonds. The van der Waals surface area contributed by atoms with Gasteiger partial charge in [-0.25, -0.2) is 0 Å². The first kappa shape index (κ1) is 90.2. The van der Waals surface area contributed by atoms with Crippen molar-refractivity contribution in [2.75, 3.05) is 0 Å². The third-order valence-electron chi connectivity index (χ3n) is 22.4. The molecule has 0 aliphatic carbocycles. The molecule has 648 valence electrons. The summed E-state index contributed by atoms with van der Waals surface area (Å²) in [7, 11) is 0. The Morgan fingerprint density at radius 1 is 0.223 bits per heavy atom. The molecule has 12 bridgehead atoms.